The van der Waals surface area contributed by atoms with E-state index < -0.39 is 0 Å². The van der Waals surface area contributed by atoms with Gasteiger partial charge < -0.3 is 16.0 Å². The molecule has 5 nitrogen and oxygen atoms in total. The number of aromatic nitrogens is 1. The second-order valence-electron chi connectivity index (χ2n) is 4.51. The molecule has 0 unspecified atom stereocenters. The van der Waals surface area contributed by atoms with Crippen molar-refractivity contribution in [1.29, 1.82) is 0 Å². The highest BCUT2D eigenvalue weighted by Gasteiger charge is 2.22. The van der Waals surface area contributed by atoms with E-state index in [0.29, 0.717) is 28.3 Å². The molecule has 0 aliphatic carbocycles. The Bertz CT molecular complexity index is 415. The van der Waals surface area contributed by atoms with E-state index in [2.05, 4.69) is 24.1 Å². The summed E-state index contributed by atoms with van der Waals surface area (Å²) >= 11 is 1.32. The number of amides is 1. The molecule has 0 radical (unpaired) electrons. The van der Waals surface area contributed by atoms with Crippen LogP contribution in [-0.2, 0) is 0 Å². The number of rotatable bonds is 7. The lowest BCUT2D eigenvalue weighted by Crippen LogP contribution is -2.35. The van der Waals surface area contributed by atoms with Crippen molar-refractivity contribution in [1.82, 2.24) is 9.88 Å². The molecule has 1 amide bonds. The summed E-state index contributed by atoms with van der Waals surface area (Å²) in [5.41, 5.74) is 5.82. The average Bonchev–Trinajstić information content (AvgIpc) is 2.81. The molecule has 108 valence electrons. The van der Waals surface area contributed by atoms with Gasteiger partial charge in [0.15, 0.2) is 5.13 Å². The SMILES string of the molecule is CCC(CC)CN(CC)C(=O)c1sc(NC)nc1N. The smallest absolute Gasteiger partial charge is 0.267 e. The maximum Gasteiger partial charge on any atom is 0.267 e. The predicted octanol–water partition coefficient (Wildman–Crippen LogP) is 2.67. The van der Waals surface area contributed by atoms with Crippen LogP contribution in [0.5, 0.6) is 0 Å². The summed E-state index contributed by atoms with van der Waals surface area (Å²) in [6.45, 7) is 7.80. The predicted molar refractivity (Wildman–Crippen MR) is 81.7 cm³/mol. The standard InChI is InChI=1S/C13H24N4OS/c1-5-9(6-2)8-17(7-3)12(18)10-11(14)16-13(15-4)19-10/h9H,5-8,14H2,1-4H3,(H,15,16). The Morgan fingerprint density at radius 2 is 2.05 bits per heavy atom. The third kappa shape index (κ3) is 3.83. The van der Waals surface area contributed by atoms with Crippen molar-refractivity contribution in [2.24, 2.45) is 5.92 Å². The van der Waals surface area contributed by atoms with Crippen molar-refractivity contribution in [2.45, 2.75) is 33.6 Å². The third-order valence-electron chi connectivity index (χ3n) is 3.36. The van der Waals surface area contributed by atoms with Gasteiger partial charge in [-0.15, -0.1) is 0 Å². The first-order valence-corrected chi connectivity index (χ1v) is 7.62. The highest BCUT2D eigenvalue weighted by Crippen LogP contribution is 2.26. The monoisotopic (exact) mass is 284 g/mol. The summed E-state index contributed by atoms with van der Waals surface area (Å²) < 4.78 is 0. The van der Waals surface area contributed by atoms with Crippen LogP contribution in [0.4, 0.5) is 10.9 Å². The molecule has 0 bridgehead atoms. The minimum atomic E-state index is -0.00843. The van der Waals surface area contributed by atoms with Crippen molar-refractivity contribution in [3.05, 3.63) is 4.88 Å². The van der Waals surface area contributed by atoms with Crippen molar-refractivity contribution in [3.63, 3.8) is 0 Å². The number of hydrogen-bond donors (Lipinski definition) is 2. The molecule has 1 aromatic rings. The van der Waals surface area contributed by atoms with E-state index in [9.17, 15) is 4.79 Å². The Kier molecular flexibility index (Phi) is 6.08. The summed E-state index contributed by atoms with van der Waals surface area (Å²) in [7, 11) is 1.77. The molecule has 0 saturated carbocycles. The molecule has 1 aromatic heterocycles. The van der Waals surface area contributed by atoms with E-state index in [1.54, 1.807) is 7.05 Å². The first-order chi connectivity index (χ1) is 9.07. The molecular weight excluding hydrogens is 260 g/mol. The van der Waals surface area contributed by atoms with Gasteiger partial charge in [0.1, 0.15) is 10.7 Å². The average molecular weight is 284 g/mol. The van der Waals surface area contributed by atoms with Crippen LogP contribution in [0.3, 0.4) is 0 Å². The molecule has 6 heteroatoms. The largest absolute Gasteiger partial charge is 0.382 e. The van der Waals surface area contributed by atoms with Gasteiger partial charge in [0, 0.05) is 20.1 Å². The zero-order valence-corrected chi connectivity index (χ0v) is 13.0. The van der Waals surface area contributed by atoms with Crippen LogP contribution in [0.15, 0.2) is 0 Å². The van der Waals surface area contributed by atoms with Crippen LogP contribution < -0.4 is 11.1 Å². The Balaban J connectivity index is 2.85. The van der Waals surface area contributed by atoms with E-state index >= 15 is 0 Å². The number of anilines is 2. The van der Waals surface area contributed by atoms with Gasteiger partial charge in [-0.25, -0.2) is 4.98 Å². The number of nitrogens with one attached hydrogen (secondary N) is 1. The lowest BCUT2D eigenvalue weighted by Gasteiger charge is -2.25. The van der Waals surface area contributed by atoms with E-state index in [0.717, 1.165) is 19.4 Å². The van der Waals surface area contributed by atoms with Crippen molar-refractivity contribution in [3.8, 4) is 0 Å². The first-order valence-electron chi connectivity index (χ1n) is 6.80. The molecule has 0 fully saturated rings. The summed E-state index contributed by atoms with van der Waals surface area (Å²) in [6.07, 6.45) is 2.17. The summed E-state index contributed by atoms with van der Waals surface area (Å²) in [4.78, 5) is 19.0. The fourth-order valence-corrected chi connectivity index (χ4v) is 2.76. The number of carbonyl (C=O) groups is 1. The quantitative estimate of drug-likeness (QED) is 0.807. The highest BCUT2D eigenvalue weighted by molar-refractivity contribution is 7.18. The fourth-order valence-electron chi connectivity index (χ4n) is 1.95. The summed E-state index contributed by atoms with van der Waals surface area (Å²) in [5.74, 6) is 0.857. The Hall–Kier alpha value is -1.30. The molecule has 0 aromatic carbocycles. The Morgan fingerprint density at radius 3 is 2.47 bits per heavy atom. The topological polar surface area (TPSA) is 71.2 Å². The lowest BCUT2D eigenvalue weighted by atomic mass is 10.0. The number of nitrogens with two attached hydrogens (primary N) is 1. The number of carbonyl (C=O) groups excluding carboxylic acids is 1. The minimum Gasteiger partial charge on any atom is -0.382 e. The zero-order chi connectivity index (χ0) is 14.4. The Labute approximate surface area is 119 Å². The minimum absolute atomic E-state index is 0.00843. The van der Waals surface area contributed by atoms with Crippen LogP contribution in [0.1, 0.15) is 43.3 Å². The molecule has 0 atom stereocenters. The van der Waals surface area contributed by atoms with E-state index in [4.69, 9.17) is 5.73 Å². The van der Waals surface area contributed by atoms with E-state index in [1.165, 1.54) is 11.3 Å². The molecule has 19 heavy (non-hydrogen) atoms. The zero-order valence-electron chi connectivity index (χ0n) is 12.2. The highest BCUT2D eigenvalue weighted by atomic mass is 32.1. The van der Waals surface area contributed by atoms with Crippen LogP contribution >= 0.6 is 11.3 Å². The number of nitrogens with zero attached hydrogens (tertiary/aromatic N) is 2. The van der Waals surface area contributed by atoms with Crippen molar-refractivity contribution in [2.75, 3.05) is 31.2 Å². The molecule has 3 N–H and O–H groups in total. The van der Waals surface area contributed by atoms with Crippen LogP contribution in [0.2, 0.25) is 0 Å². The molecule has 1 heterocycles. The summed E-state index contributed by atoms with van der Waals surface area (Å²) in [6, 6.07) is 0. The van der Waals surface area contributed by atoms with Gasteiger partial charge in [0.25, 0.3) is 5.91 Å². The van der Waals surface area contributed by atoms with Gasteiger partial charge in [-0.3, -0.25) is 4.79 Å². The van der Waals surface area contributed by atoms with Gasteiger partial charge in [0.2, 0.25) is 0 Å². The lowest BCUT2D eigenvalue weighted by molar-refractivity contribution is 0.0740. The van der Waals surface area contributed by atoms with E-state index in [1.807, 2.05) is 11.8 Å². The molecule has 0 aliphatic rings. The molecule has 0 aliphatic heterocycles. The van der Waals surface area contributed by atoms with Gasteiger partial charge >= 0.3 is 0 Å². The number of hydrogen-bond acceptors (Lipinski definition) is 5. The maximum absolute atomic E-state index is 12.5. The van der Waals surface area contributed by atoms with Gasteiger partial charge in [0.05, 0.1) is 0 Å². The second kappa shape index (κ2) is 7.33. The van der Waals surface area contributed by atoms with Gasteiger partial charge in [-0.05, 0) is 12.8 Å². The maximum atomic E-state index is 12.5. The Morgan fingerprint density at radius 1 is 1.42 bits per heavy atom. The normalized spacial score (nSPS) is 10.8. The second-order valence-corrected chi connectivity index (χ2v) is 5.51. The van der Waals surface area contributed by atoms with Gasteiger partial charge in [-0.2, -0.15) is 0 Å². The molecule has 1 rings (SSSR count). The van der Waals surface area contributed by atoms with Crippen LogP contribution in [0, 0.1) is 5.92 Å². The van der Waals surface area contributed by atoms with Crippen molar-refractivity contribution < 1.29 is 4.79 Å². The van der Waals surface area contributed by atoms with Crippen molar-refractivity contribution >= 4 is 28.2 Å². The first kappa shape index (κ1) is 15.8. The molecule has 0 saturated heterocycles. The number of nitrogen functional groups attached to an aromatic ring is 1. The van der Waals surface area contributed by atoms with Gasteiger partial charge in [-0.1, -0.05) is 38.0 Å². The third-order valence-corrected chi connectivity index (χ3v) is 4.44. The summed E-state index contributed by atoms with van der Waals surface area (Å²) in [5, 5.41) is 3.60. The molecular formula is C13H24N4OS. The van der Waals surface area contributed by atoms with Crippen LogP contribution in [-0.4, -0.2) is 35.9 Å². The number of thiazole rings is 1. The fraction of sp³-hybridized carbons (Fsp3) is 0.692. The molecule has 0 spiro atoms. The van der Waals surface area contributed by atoms with E-state index in [-0.39, 0.29) is 5.91 Å². The van der Waals surface area contributed by atoms with Crippen LogP contribution in [0.25, 0.3) is 0 Å².